The first-order valence-electron chi connectivity index (χ1n) is 5.50. The average molecular weight is 231 g/mol. The van der Waals surface area contributed by atoms with E-state index in [0.29, 0.717) is 6.42 Å². The highest BCUT2D eigenvalue weighted by atomic mass is 16.6. The lowest BCUT2D eigenvalue weighted by Crippen LogP contribution is -2.61. The Morgan fingerprint density at radius 2 is 2.12 bits per heavy atom. The largest absolute Gasteiger partial charge is 0.460 e. The minimum Gasteiger partial charge on any atom is -0.460 e. The fraction of sp³-hybridized carbons (Fsp3) is 0.909. The molecule has 1 aliphatic rings. The van der Waals surface area contributed by atoms with E-state index in [0.717, 1.165) is 0 Å². The van der Waals surface area contributed by atoms with Crippen LogP contribution in [-0.2, 0) is 14.3 Å². The van der Waals surface area contributed by atoms with Crippen molar-refractivity contribution in [2.24, 2.45) is 5.73 Å². The number of aliphatic hydroxyl groups is 1. The first-order valence-corrected chi connectivity index (χ1v) is 5.50. The Hall–Kier alpha value is -0.650. The molecule has 3 N–H and O–H groups in total. The van der Waals surface area contributed by atoms with E-state index in [1.54, 1.807) is 0 Å². The normalized spacial score (nSPS) is 21.1. The summed E-state index contributed by atoms with van der Waals surface area (Å²) in [6.45, 7) is 5.96. The summed E-state index contributed by atoms with van der Waals surface area (Å²) in [5.74, 6) is -0.285. The number of hydrogen-bond donors (Lipinski definition) is 2. The molecule has 5 nitrogen and oxygen atoms in total. The SMILES string of the molecule is CC(C)(C)OC(=O)CC[C@H](N)C1(O)COC1. The van der Waals surface area contributed by atoms with Crippen molar-refractivity contribution in [2.75, 3.05) is 13.2 Å². The van der Waals surface area contributed by atoms with E-state index in [1.165, 1.54) is 0 Å². The summed E-state index contributed by atoms with van der Waals surface area (Å²) < 4.78 is 10.0. The molecular formula is C11H21NO4. The molecule has 94 valence electrons. The molecule has 0 aliphatic carbocycles. The molecule has 0 radical (unpaired) electrons. The minimum absolute atomic E-state index is 0.223. The third-order valence-corrected chi connectivity index (χ3v) is 2.47. The Bertz CT molecular complexity index is 255. The molecule has 0 spiro atoms. The molecule has 0 bridgehead atoms. The monoisotopic (exact) mass is 231 g/mol. The van der Waals surface area contributed by atoms with Crippen molar-refractivity contribution in [2.45, 2.75) is 50.9 Å². The lowest BCUT2D eigenvalue weighted by Gasteiger charge is -2.40. The average Bonchev–Trinajstić information content (AvgIpc) is 2.07. The van der Waals surface area contributed by atoms with E-state index in [-0.39, 0.29) is 25.6 Å². The lowest BCUT2D eigenvalue weighted by molar-refractivity contribution is -0.191. The second-order valence-corrected chi connectivity index (χ2v) is 5.33. The highest BCUT2D eigenvalue weighted by molar-refractivity contribution is 5.69. The van der Waals surface area contributed by atoms with Gasteiger partial charge in [0.25, 0.3) is 0 Å². The van der Waals surface area contributed by atoms with Crippen molar-refractivity contribution < 1.29 is 19.4 Å². The Labute approximate surface area is 95.9 Å². The van der Waals surface area contributed by atoms with E-state index in [9.17, 15) is 9.90 Å². The minimum atomic E-state index is -0.956. The summed E-state index contributed by atoms with van der Waals surface area (Å²) in [6.07, 6.45) is 0.634. The third-order valence-electron chi connectivity index (χ3n) is 2.47. The predicted molar refractivity (Wildman–Crippen MR) is 58.8 cm³/mol. The van der Waals surface area contributed by atoms with E-state index in [1.807, 2.05) is 20.8 Å². The number of carbonyl (C=O) groups is 1. The maximum Gasteiger partial charge on any atom is 0.306 e. The van der Waals surface area contributed by atoms with Crippen LogP contribution in [0.4, 0.5) is 0 Å². The van der Waals surface area contributed by atoms with Crippen LogP contribution in [-0.4, -0.2) is 41.5 Å². The summed E-state index contributed by atoms with van der Waals surface area (Å²) in [6, 6.07) is -0.436. The van der Waals surface area contributed by atoms with Gasteiger partial charge in [-0.2, -0.15) is 0 Å². The summed E-state index contributed by atoms with van der Waals surface area (Å²) in [5.41, 5.74) is 4.36. The fourth-order valence-electron chi connectivity index (χ4n) is 1.46. The Morgan fingerprint density at radius 3 is 2.50 bits per heavy atom. The second kappa shape index (κ2) is 4.69. The van der Waals surface area contributed by atoms with Gasteiger partial charge in [-0.3, -0.25) is 4.79 Å². The van der Waals surface area contributed by atoms with Gasteiger partial charge in [0, 0.05) is 12.5 Å². The molecule has 1 heterocycles. The van der Waals surface area contributed by atoms with Crippen LogP contribution in [0.25, 0.3) is 0 Å². The van der Waals surface area contributed by atoms with Crippen LogP contribution in [0.3, 0.4) is 0 Å². The van der Waals surface area contributed by atoms with Gasteiger partial charge < -0.3 is 20.3 Å². The van der Waals surface area contributed by atoms with Crippen molar-refractivity contribution in [1.29, 1.82) is 0 Å². The van der Waals surface area contributed by atoms with Crippen molar-refractivity contribution in [1.82, 2.24) is 0 Å². The van der Waals surface area contributed by atoms with E-state index in [4.69, 9.17) is 15.2 Å². The maximum absolute atomic E-state index is 11.4. The number of nitrogens with two attached hydrogens (primary N) is 1. The zero-order valence-electron chi connectivity index (χ0n) is 10.2. The molecule has 0 amide bonds. The summed E-state index contributed by atoms with van der Waals surface area (Å²) in [4.78, 5) is 11.4. The van der Waals surface area contributed by atoms with Gasteiger partial charge in [0.15, 0.2) is 0 Å². The molecule has 0 unspecified atom stereocenters. The number of carbonyl (C=O) groups excluding carboxylic acids is 1. The van der Waals surface area contributed by atoms with Crippen LogP contribution in [0.2, 0.25) is 0 Å². The molecule has 0 saturated carbocycles. The Kier molecular flexibility index (Phi) is 3.93. The Balaban J connectivity index is 2.26. The number of hydrogen-bond acceptors (Lipinski definition) is 5. The second-order valence-electron chi connectivity index (χ2n) is 5.33. The van der Waals surface area contributed by atoms with Crippen LogP contribution in [0.1, 0.15) is 33.6 Å². The smallest absolute Gasteiger partial charge is 0.306 e. The zero-order chi connectivity index (χ0) is 12.4. The molecular weight excluding hydrogens is 210 g/mol. The predicted octanol–water partition coefficient (Wildman–Crippen LogP) is 0.197. The first-order chi connectivity index (χ1) is 7.23. The molecule has 1 rings (SSSR count). The van der Waals surface area contributed by atoms with Gasteiger partial charge in [-0.05, 0) is 27.2 Å². The highest BCUT2D eigenvalue weighted by Crippen LogP contribution is 2.22. The first kappa shape index (κ1) is 13.4. The van der Waals surface area contributed by atoms with Gasteiger partial charge in [0.1, 0.15) is 11.2 Å². The lowest BCUT2D eigenvalue weighted by atomic mass is 9.90. The summed E-state index contributed by atoms with van der Waals surface area (Å²) in [7, 11) is 0. The summed E-state index contributed by atoms with van der Waals surface area (Å²) in [5, 5.41) is 9.82. The van der Waals surface area contributed by atoms with Crippen LogP contribution in [0.15, 0.2) is 0 Å². The van der Waals surface area contributed by atoms with E-state index in [2.05, 4.69) is 0 Å². The van der Waals surface area contributed by atoms with Gasteiger partial charge in [-0.1, -0.05) is 0 Å². The Morgan fingerprint density at radius 1 is 1.56 bits per heavy atom. The molecule has 1 fully saturated rings. The van der Waals surface area contributed by atoms with Crippen molar-refractivity contribution >= 4 is 5.97 Å². The third kappa shape index (κ3) is 3.73. The molecule has 16 heavy (non-hydrogen) atoms. The van der Waals surface area contributed by atoms with E-state index < -0.39 is 17.2 Å². The number of esters is 1. The van der Waals surface area contributed by atoms with E-state index >= 15 is 0 Å². The maximum atomic E-state index is 11.4. The topological polar surface area (TPSA) is 81.8 Å². The molecule has 0 aromatic rings. The quantitative estimate of drug-likeness (QED) is 0.675. The molecule has 1 atom stereocenters. The van der Waals surface area contributed by atoms with Crippen LogP contribution in [0.5, 0.6) is 0 Å². The summed E-state index contributed by atoms with van der Waals surface area (Å²) >= 11 is 0. The standard InChI is InChI=1S/C11H21NO4/c1-10(2,3)16-9(13)5-4-8(12)11(14)6-15-7-11/h8,14H,4-7,12H2,1-3H3/t8-/m0/s1. The highest BCUT2D eigenvalue weighted by Gasteiger charge is 2.42. The zero-order valence-corrected chi connectivity index (χ0v) is 10.2. The van der Waals surface area contributed by atoms with Gasteiger partial charge >= 0.3 is 5.97 Å². The van der Waals surface area contributed by atoms with Crippen LogP contribution >= 0.6 is 0 Å². The van der Waals surface area contributed by atoms with Crippen LogP contribution < -0.4 is 5.73 Å². The molecule has 0 aromatic carbocycles. The molecule has 5 heteroatoms. The van der Waals surface area contributed by atoms with Gasteiger partial charge in [0.2, 0.25) is 0 Å². The van der Waals surface area contributed by atoms with Gasteiger partial charge in [0.05, 0.1) is 13.2 Å². The van der Waals surface area contributed by atoms with Gasteiger partial charge in [-0.15, -0.1) is 0 Å². The molecule has 0 aromatic heterocycles. The van der Waals surface area contributed by atoms with Gasteiger partial charge in [-0.25, -0.2) is 0 Å². The number of rotatable bonds is 4. The van der Waals surface area contributed by atoms with Crippen LogP contribution in [0, 0.1) is 0 Å². The fourth-order valence-corrected chi connectivity index (χ4v) is 1.46. The number of ether oxygens (including phenoxy) is 2. The van der Waals surface area contributed by atoms with Crippen molar-refractivity contribution in [3.05, 3.63) is 0 Å². The molecule has 1 saturated heterocycles. The molecule has 1 aliphatic heterocycles. The van der Waals surface area contributed by atoms with Crippen molar-refractivity contribution in [3.8, 4) is 0 Å². The van der Waals surface area contributed by atoms with Crippen molar-refractivity contribution in [3.63, 3.8) is 0 Å².